The van der Waals surface area contributed by atoms with Crippen molar-refractivity contribution in [3.63, 3.8) is 0 Å². The number of carbonyl (C=O) groups is 2. The van der Waals surface area contributed by atoms with Crippen LogP contribution in [-0.2, 0) is 9.59 Å². The zero-order valence-electron chi connectivity index (χ0n) is 7.72. The Bertz CT molecular complexity index is 229. The van der Waals surface area contributed by atoms with Crippen LogP contribution in [0.3, 0.4) is 0 Å². The third kappa shape index (κ3) is 2.69. The van der Waals surface area contributed by atoms with Crippen LogP contribution in [0.25, 0.3) is 0 Å². The Kier molecular flexibility index (Phi) is 2.87. The maximum absolute atomic E-state index is 11.1. The van der Waals surface area contributed by atoms with Crippen LogP contribution in [0.15, 0.2) is 0 Å². The zero-order chi connectivity index (χ0) is 9.90. The summed E-state index contributed by atoms with van der Waals surface area (Å²) in [5.74, 6) is -0.0210. The summed E-state index contributed by atoms with van der Waals surface area (Å²) in [7, 11) is 0. The van der Waals surface area contributed by atoms with Crippen LogP contribution >= 0.6 is 0 Å². The molecular weight excluding hydrogens is 170 g/mol. The molecule has 13 heavy (non-hydrogen) atoms. The van der Waals surface area contributed by atoms with Crippen molar-refractivity contribution in [1.29, 1.82) is 0 Å². The lowest BCUT2D eigenvalue weighted by Crippen LogP contribution is -2.30. The largest absolute Gasteiger partial charge is 0.355 e. The lowest BCUT2D eigenvalue weighted by molar-refractivity contribution is -0.121. The molecule has 0 aromatic carbocycles. The maximum atomic E-state index is 11.1. The van der Waals surface area contributed by atoms with Crippen LogP contribution in [0.1, 0.15) is 19.8 Å². The summed E-state index contributed by atoms with van der Waals surface area (Å²) >= 11 is 0. The molecule has 5 heteroatoms. The van der Waals surface area contributed by atoms with Gasteiger partial charge in [0.25, 0.3) is 0 Å². The molecule has 1 rings (SSSR count). The number of hydrogen-bond acceptors (Lipinski definition) is 3. The monoisotopic (exact) mass is 185 g/mol. The van der Waals surface area contributed by atoms with E-state index in [1.165, 1.54) is 0 Å². The Labute approximate surface area is 77.1 Å². The highest BCUT2D eigenvalue weighted by Gasteiger charge is 2.48. The smallest absolute Gasteiger partial charge is 0.246 e. The molecule has 5 nitrogen and oxygen atoms in total. The number of rotatable bonds is 5. The predicted octanol–water partition coefficient (Wildman–Crippen LogP) is -1.27. The van der Waals surface area contributed by atoms with E-state index in [-0.39, 0.29) is 11.8 Å². The molecular formula is C8H15N3O2. The first-order chi connectivity index (χ1) is 6.08. The van der Waals surface area contributed by atoms with Gasteiger partial charge in [0.1, 0.15) is 5.54 Å². The van der Waals surface area contributed by atoms with Crippen molar-refractivity contribution in [2.75, 3.05) is 13.1 Å². The normalized spacial score (nSPS) is 25.2. The summed E-state index contributed by atoms with van der Waals surface area (Å²) in [6.45, 7) is 2.74. The highest BCUT2D eigenvalue weighted by atomic mass is 16.2. The van der Waals surface area contributed by atoms with Gasteiger partial charge in [0.2, 0.25) is 11.8 Å². The number of amides is 2. The molecule has 0 radical (unpaired) electrons. The molecule has 0 spiro atoms. The molecule has 1 heterocycles. The Balaban J connectivity index is 2.12. The number of nitrogens with one attached hydrogen (secondary N) is 2. The van der Waals surface area contributed by atoms with Gasteiger partial charge in [-0.15, -0.1) is 0 Å². The summed E-state index contributed by atoms with van der Waals surface area (Å²) in [5, 5.41) is 5.32. The van der Waals surface area contributed by atoms with Gasteiger partial charge in [-0.05, 0) is 13.3 Å². The first-order valence-corrected chi connectivity index (χ1v) is 4.38. The number of carbonyl (C=O) groups excluding carboxylic acids is 2. The number of hydrogen-bond donors (Lipinski definition) is 3. The molecule has 2 amide bonds. The van der Waals surface area contributed by atoms with E-state index in [2.05, 4.69) is 10.6 Å². The van der Waals surface area contributed by atoms with Gasteiger partial charge in [-0.1, -0.05) is 0 Å². The highest BCUT2D eigenvalue weighted by molar-refractivity contribution is 6.01. The van der Waals surface area contributed by atoms with Gasteiger partial charge in [0, 0.05) is 19.5 Å². The average molecular weight is 185 g/mol. The second-order valence-corrected chi connectivity index (χ2v) is 3.42. The molecule has 0 unspecified atom stereocenters. The maximum Gasteiger partial charge on any atom is 0.246 e. The van der Waals surface area contributed by atoms with Crippen LogP contribution in [0.4, 0.5) is 0 Å². The van der Waals surface area contributed by atoms with Crippen molar-refractivity contribution in [2.45, 2.75) is 25.3 Å². The summed E-state index contributed by atoms with van der Waals surface area (Å²) in [5.41, 5.74) is 4.77. The summed E-state index contributed by atoms with van der Waals surface area (Å²) in [6.07, 6.45) is 0.928. The Morgan fingerprint density at radius 1 is 1.69 bits per heavy atom. The van der Waals surface area contributed by atoms with Gasteiger partial charge >= 0.3 is 0 Å². The van der Waals surface area contributed by atoms with E-state index < -0.39 is 5.54 Å². The lowest BCUT2D eigenvalue weighted by Gasteiger charge is -2.04. The van der Waals surface area contributed by atoms with Crippen molar-refractivity contribution < 1.29 is 9.59 Å². The molecule has 0 aliphatic carbocycles. The summed E-state index contributed by atoms with van der Waals surface area (Å²) in [4.78, 5) is 21.8. The minimum Gasteiger partial charge on any atom is -0.355 e. The Morgan fingerprint density at radius 2 is 2.31 bits per heavy atom. The zero-order valence-corrected chi connectivity index (χ0v) is 7.72. The fourth-order valence-corrected chi connectivity index (χ4v) is 1.06. The molecule has 1 saturated heterocycles. The first kappa shape index (κ1) is 9.98. The molecule has 1 aliphatic heterocycles. The topological polar surface area (TPSA) is 94.1 Å². The second-order valence-electron chi connectivity index (χ2n) is 3.42. The van der Waals surface area contributed by atoms with Gasteiger partial charge < -0.3 is 16.4 Å². The summed E-state index contributed by atoms with van der Waals surface area (Å²) < 4.78 is 0. The van der Waals surface area contributed by atoms with Crippen LogP contribution in [0, 0.1) is 0 Å². The number of nitrogens with two attached hydrogens (primary N) is 1. The molecule has 4 N–H and O–H groups in total. The van der Waals surface area contributed by atoms with E-state index in [0.717, 1.165) is 0 Å². The average Bonchev–Trinajstić information content (AvgIpc) is 2.68. The van der Waals surface area contributed by atoms with E-state index >= 15 is 0 Å². The van der Waals surface area contributed by atoms with Crippen molar-refractivity contribution >= 4 is 11.8 Å². The van der Waals surface area contributed by atoms with Crippen LogP contribution in [-0.4, -0.2) is 30.4 Å². The minimum atomic E-state index is -0.444. The lowest BCUT2D eigenvalue weighted by atomic mass is 10.1. The fraction of sp³-hybridized carbons (Fsp3) is 0.750. The van der Waals surface area contributed by atoms with Crippen LogP contribution in [0.2, 0.25) is 0 Å². The highest BCUT2D eigenvalue weighted by Crippen LogP contribution is 2.23. The van der Waals surface area contributed by atoms with Crippen molar-refractivity contribution in [3.8, 4) is 0 Å². The molecule has 1 aliphatic rings. The standard InChI is InChI=1S/C8H15N3O2/c1-8(7(13)11-8)3-2-6(12)10-5-4-9/h2-5,9H2,1H3,(H,10,12)(H,11,13)/t8-/m1/s1. The third-order valence-corrected chi connectivity index (χ3v) is 2.15. The molecule has 0 bridgehead atoms. The minimum absolute atomic E-state index is 0.0270. The predicted molar refractivity (Wildman–Crippen MR) is 47.8 cm³/mol. The molecule has 0 aromatic rings. The SMILES string of the molecule is C[C@]1(CCC(=O)NCCN)NC1=O. The van der Waals surface area contributed by atoms with Crippen molar-refractivity contribution in [1.82, 2.24) is 10.6 Å². The first-order valence-electron chi connectivity index (χ1n) is 4.38. The second kappa shape index (κ2) is 3.74. The molecule has 0 saturated carbocycles. The van der Waals surface area contributed by atoms with Gasteiger partial charge in [-0.25, -0.2) is 0 Å². The van der Waals surface area contributed by atoms with E-state index in [1.807, 2.05) is 0 Å². The van der Waals surface area contributed by atoms with Gasteiger partial charge in [0.05, 0.1) is 0 Å². The molecule has 74 valence electrons. The van der Waals surface area contributed by atoms with Crippen LogP contribution in [0.5, 0.6) is 0 Å². The molecule has 1 atom stereocenters. The van der Waals surface area contributed by atoms with E-state index in [4.69, 9.17) is 5.73 Å². The van der Waals surface area contributed by atoms with Gasteiger partial charge in [0.15, 0.2) is 0 Å². The quantitative estimate of drug-likeness (QED) is 0.466. The third-order valence-electron chi connectivity index (χ3n) is 2.15. The van der Waals surface area contributed by atoms with Gasteiger partial charge in [-0.3, -0.25) is 9.59 Å². The van der Waals surface area contributed by atoms with Crippen molar-refractivity contribution in [2.24, 2.45) is 5.73 Å². The van der Waals surface area contributed by atoms with E-state index in [1.54, 1.807) is 6.92 Å². The molecule has 1 fully saturated rings. The van der Waals surface area contributed by atoms with Crippen molar-refractivity contribution in [3.05, 3.63) is 0 Å². The summed E-state index contributed by atoms with van der Waals surface area (Å²) in [6, 6.07) is 0. The Hall–Kier alpha value is -1.10. The van der Waals surface area contributed by atoms with E-state index in [0.29, 0.717) is 25.9 Å². The Morgan fingerprint density at radius 3 is 2.77 bits per heavy atom. The van der Waals surface area contributed by atoms with Crippen LogP contribution < -0.4 is 16.4 Å². The fourth-order valence-electron chi connectivity index (χ4n) is 1.06. The van der Waals surface area contributed by atoms with E-state index in [9.17, 15) is 9.59 Å². The molecule has 0 aromatic heterocycles. The van der Waals surface area contributed by atoms with Gasteiger partial charge in [-0.2, -0.15) is 0 Å².